The van der Waals surface area contributed by atoms with Crippen LogP contribution >= 0.6 is 0 Å². The fourth-order valence-electron chi connectivity index (χ4n) is 1.92. The maximum atomic E-state index is 12.4. The highest BCUT2D eigenvalue weighted by atomic mass is 19.4. The number of amides is 2. The lowest BCUT2D eigenvalue weighted by molar-refractivity contribution is -0.137. The highest BCUT2D eigenvalue weighted by Gasteiger charge is 2.30. The molecule has 2 amide bonds. The molecule has 114 valence electrons. The standard InChI is InChI=1S/C13H14F3N3O2/c14-13(15,16)9-1-3-10(4-2-9)18-7-12(21)19-6-5-17-11(20)8-19/h1-4,18H,5-8H2,(H,17,20). The van der Waals surface area contributed by atoms with Crippen molar-refractivity contribution in [2.24, 2.45) is 0 Å². The van der Waals surface area contributed by atoms with Crippen LogP contribution in [0.2, 0.25) is 0 Å². The van der Waals surface area contributed by atoms with E-state index in [2.05, 4.69) is 10.6 Å². The quantitative estimate of drug-likeness (QED) is 0.878. The number of carbonyl (C=O) groups excluding carboxylic acids is 2. The molecule has 0 saturated carbocycles. The van der Waals surface area contributed by atoms with E-state index in [4.69, 9.17) is 0 Å². The Kier molecular flexibility index (Phi) is 4.35. The van der Waals surface area contributed by atoms with Crippen LogP contribution in [0.4, 0.5) is 18.9 Å². The second-order valence-corrected chi connectivity index (χ2v) is 4.59. The highest BCUT2D eigenvalue weighted by molar-refractivity contribution is 5.87. The second kappa shape index (κ2) is 6.02. The summed E-state index contributed by atoms with van der Waals surface area (Å²) in [6.45, 7) is 0.774. The third-order valence-electron chi connectivity index (χ3n) is 3.05. The number of hydrogen-bond donors (Lipinski definition) is 2. The van der Waals surface area contributed by atoms with Crippen LogP contribution in [-0.4, -0.2) is 42.9 Å². The van der Waals surface area contributed by atoms with E-state index >= 15 is 0 Å². The fourth-order valence-corrected chi connectivity index (χ4v) is 1.92. The normalized spacial score (nSPS) is 15.6. The van der Waals surface area contributed by atoms with E-state index in [-0.39, 0.29) is 24.9 Å². The van der Waals surface area contributed by atoms with Gasteiger partial charge in [-0.05, 0) is 24.3 Å². The van der Waals surface area contributed by atoms with Crippen molar-refractivity contribution in [1.82, 2.24) is 10.2 Å². The Labute approximate surface area is 119 Å². The first-order chi connectivity index (χ1) is 9.86. The van der Waals surface area contributed by atoms with Crippen molar-refractivity contribution in [2.45, 2.75) is 6.18 Å². The largest absolute Gasteiger partial charge is 0.416 e. The Balaban J connectivity index is 1.88. The van der Waals surface area contributed by atoms with Gasteiger partial charge in [0, 0.05) is 18.8 Å². The average Bonchev–Trinajstić information content (AvgIpc) is 2.44. The van der Waals surface area contributed by atoms with Gasteiger partial charge in [0.05, 0.1) is 18.7 Å². The fraction of sp³-hybridized carbons (Fsp3) is 0.385. The number of rotatable bonds is 3. The Morgan fingerprint density at radius 1 is 1.29 bits per heavy atom. The Morgan fingerprint density at radius 2 is 1.95 bits per heavy atom. The zero-order chi connectivity index (χ0) is 15.5. The van der Waals surface area contributed by atoms with E-state index in [9.17, 15) is 22.8 Å². The van der Waals surface area contributed by atoms with Crippen LogP contribution in [0, 0.1) is 0 Å². The van der Waals surface area contributed by atoms with Crippen LogP contribution in [0.1, 0.15) is 5.56 Å². The van der Waals surface area contributed by atoms with Gasteiger partial charge in [-0.1, -0.05) is 0 Å². The summed E-state index contributed by atoms with van der Waals surface area (Å²) in [5.41, 5.74) is -0.329. The first kappa shape index (κ1) is 15.1. The third-order valence-corrected chi connectivity index (χ3v) is 3.05. The predicted octanol–water partition coefficient (Wildman–Crippen LogP) is 1.08. The SMILES string of the molecule is O=C1CN(C(=O)CNc2ccc(C(F)(F)F)cc2)CCN1. The number of piperazine rings is 1. The topological polar surface area (TPSA) is 61.4 Å². The van der Waals surface area contributed by atoms with E-state index in [1.165, 1.54) is 17.0 Å². The predicted molar refractivity (Wildman–Crippen MR) is 69.5 cm³/mol. The van der Waals surface area contributed by atoms with Gasteiger partial charge in [-0.3, -0.25) is 9.59 Å². The summed E-state index contributed by atoms with van der Waals surface area (Å²) in [7, 11) is 0. The van der Waals surface area contributed by atoms with Crippen molar-refractivity contribution in [1.29, 1.82) is 0 Å². The minimum absolute atomic E-state index is 0.00747. The van der Waals surface area contributed by atoms with E-state index in [1.807, 2.05) is 0 Å². The summed E-state index contributed by atoms with van der Waals surface area (Å²) >= 11 is 0. The number of carbonyl (C=O) groups is 2. The minimum Gasteiger partial charge on any atom is -0.376 e. The number of halogens is 3. The smallest absolute Gasteiger partial charge is 0.376 e. The van der Waals surface area contributed by atoms with Gasteiger partial charge in [0.2, 0.25) is 11.8 Å². The Bertz CT molecular complexity index is 528. The number of benzene rings is 1. The van der Waals surface area contributed by atoms with Crippen molar-refractivity contribution < 1.29 is 22.8 Å². The van der Waals surface area contributed by atoms with Gasteiger partial charge in [0.15, 0.2) is 0 Å². The number of alkyl halides is 3. The summed E-state index contributed by atoms with van der Waals surface area (Å²) in [6, 6.07) is 4.42. The van der Waals surface area contributed by atoms with Gasteiger partial charge in [0.25, 0.3) is 0 Å². The number of anilines is 1. The monoisotopic (exact) mass is 301 g/mol. The number of nitrogens with zero attached hydrogens (tertiary/aromatic N) is 1. The van der Waals surface area contributed by atoms with Crippen LogP contribution in [0.3, 0.4) is 0 Å². The summed E-state index contributed by atoms with van der Waals surface area (Å²) in [6.07, 6.45) is -4.38. The molecule has 1 aromatic rings. The second-order valence-electron chi connectivity index (χ2n) is 4.59. The molecule has 0 bridgehead atoms. The molecule has 2 rings (SSSR count). The summed E-state index contributed by atoms with van der Waals surface area (Å²) in [5, 5.41) is 5.35. The van der Waals surface area contributed by atoms with Crippen molar-refractivity contribution in [3.05, 3.63) is 29.8 Å². The van der Waals surface area contributed by atoms with E-state index in [1.54, 1.807) is 0 Å². The number of nitrogens with one attached hydrogen (secondary N) is 2. The molecule has 1 aliphatic heterocycles. The lowest BCUT2D eigenvalue weighted by Crippen LogP contribution is -2.51. The van der Waals surface area contributed by atoms with Crippen LogP contribution < -0.4 is 10.6 Å². The molecule has 21 heavy (non-hydrogen) atoms. The Hall–Kier alpha value is -2.25. The molecule has 1 aromatic carbocycles. The summed E-state index contributed by atoms with van der Waals surface area (Å²) in [5.74, 6) is -0.492. The van der Waals surface area contributed by atoms with Gasteiger partial charge in [-0.15, -0.1) is 0 Å². The zero-order valence-electron chi connectivity index (χ0n) is 11.0. The van der Waals surface area contributed by atoms with Gasteiger partial charge in [0.1, 0.15) is 0 Å². The van der Waals surface area contributed by atoms with Gasteiger partial charge < -0.3 is 15.5 Å². The van der Waals surface area contributed by atoms with Crippen molar-refractivity contribution in [2.75, 3.05) is 31.5 Å². The van der Waals surface area contributed by atoms with Gasteiger partial charge >= 0.3 is 6.18 Å². The molecule has 0 radical (unpaired) electrons. The number of hydrogen-bond acceptors (Lipinski definition) is 3. The van der Waals surface area contributed by atoms with Gasteiger partial charge in [-0.2, -0.15) is 13.2 Å². The van der Waals surface area contributed by atoms with E-state index < -0.39 is 11.7 Å². The molecule has 0 atom stereocenters. The molecule has 1 saturated heterocycles. The van der Waals surface area contributed by atoms with Crippen LogP contribution in [0.25, 0.3) is 0 Å². The molecule has 1 fully saturated rings. The van der Waals surface area contributed by atoms with E-state index in [0.29, 0.717) is 18.8 Å². The summed E-state index contributed by atoms with van der Waals surface area (Å²) in [4.78, 5) is 24.4. The molecule has 8 heteroatoms. The van der Waals surface area contributed by atoms with Crippen LogP contribution in [0.15, 0.2) is 24.3 Å². The van der Waals surface area contributed by atoms with Crippen molar-refractivity contribution in [3.8, 4) is 0 Å². The lowest BCUT2D eigenvalue weighted by Gasteiger charge is -2.26. The first-order valence-electron chi connectivity index (χ1n) is 6.32. The van der Waals surface area contributed by atoms with Crippen LogP contribution in [0.5, 0.6) is 0 Å². The molecule has 2 N–H and O–H groups in total. The molecule has 0 aromatic heterocycles. The maximum absolute atomic E-state index is 12.4. The molecule has 0 unspecified atom stereocenters. The zero-order valence-corrected chi connectivity index (χ0v) is 11.0. The van der Waals surface area contributed by atoms with E-state index in [0.717, 1.165) is 12.1 Å². The first-order valence-corrected chi connectivity index (χ1v) is 6.32. The Morgan fingerprint density at radius 3 is 2.52 bits per heavy atom. The molecule has 1 heterocycles. The molecule has 0 spiro atoms. The average molecular weight is 301 g/mol. The van der Waals surface area contributed by atoms with Crippen molar-refractivity contribution in [3.63, 3.8) is 0 Å². The third kappa shape index (κ3) is 4.11. The lowest BCUT2D eigenvalue weighted by atomic mass is 10.2. The molecule has 1 aliphatic rings. The minimum atomic E-state index is -4.38. The highest BCUT2D eigenvalue weighted by Crippen LogP contribution is 2.29. The molecular formula is C13H14F3N3O2. The molecule has 0 aliphatic carbocycles. The maximum Gasteiger partial charge on any atom is 0.416 e. The summed E-state index contributed by atoms with van der Waals surface area (Å²) < 4.78 is 37.2. The van der Waals surface area contributed by atoms with Crippen molar-refractivity contribution >= 4 is 17.5 Å². The van der Waals surface area contributed by atoms with Gasteiger partial charge in [-0.25, -0.2) is 0 Å². The molecule has 5 nitrogen and oxygen atoms in total. The van der Waals surface area contributed by atoms with Crippen LogP contribution in [-0.2, 0) is 15.8 Å². The molecular weight excluding hydrogens is 287 g/mol.